The standard InChI is InChI=1S/C20H23FN2O3S/c1-3-18(14-6-9-16(21)10-7-14)20(24)22-17-11-8-15-5-4-12-23(19(15)13-17)27(2,25)26/h6-11,13,18H,3-5,12H2,1-2H3,(H,22,24). The third-order valence-electron chi connectivity index (χ3n) is 4.83. The SMILES string of the molecule is CCC(C(=O)Nc1ccc2c(c1)N(S(C)(=O)=O)CCC2)c1ccc(F)cc1. The van der Waals surface area contributed by atoms with Crippen LogP contribution in [0.3, 0.4) is 0 Å². The third kappa shape index (κ3) is 4.30. The Morgan fingerprint density at radius 1 is 1.22 bits per heavy atom. The monoisotopic (exact) mass is 390 g/mol. The molecule has 0 spiro atoms. The highest BCUT2D eigenvalue weighted by Gasteiger charge is 2.25. The summed E-state index contributed by atoms with van der Waals surface area (Å²) >= 11 is 0. The summed E-state index contributed by atoms with van der Waals surface area (Å²) in [6.07, 6.45) is 3.34. The second kappa shape index (κ2) is 7.68. The number of hydrogen-bond donors (Lipinski definition) is 1. The number of carbonyl (C=O) groups excluding carboxylic acids is 1. The third-order valence-corrected chi connectivity index (χ3v) is 6.01. The van der Waals surface area contributed by atoms with Crippen LogP contribution >= 0.6 is 0 Å². The number of hydrogen-bond acceptors (Lipinski definition) is 3. The summed E-state index contributed by atoms with van der Waals surface area (Å²) in [6, 6.07) is 11.3. The fourth-order valence-electron chi connectivity index (χ4n) is 3.46. The van der Waals surface area contributed by atoms with Crippen molar-refractivity contribution in [2.24, 2.45) is 0 Å². The van der Waals surface area contributed by atoms with Gasteiger partial charge in [-0.25, -0.2) is 12.8 Å². The molecular formula is C20H23FN2O3S. The van der Waals surface area contributed by atoms with Gasteiger partial charge in [-0.1, -0.05) is 25.1 Å². The summed E-state index contributed by atoms with van der Waals surface area (Å²) in [7, 11) is -3.37. The van der Waals surface area contributed by atoms with E-state index in [-0.39, 0.29) is 11.7 Å². The van der Waals surface area contributed by atoms with E-state index >= 15 is 0 Å². The van der Waals surface area contributed by atoms with Crippen LogP contribution in [0.1, 0.15) is 36.8 Å². The highest BCUT2D eigenvalue weighted by Crippen LogP contribution is 2.32. The first kappa shape index (κ1) is 19.4. The molecule has 0 saturated carbocycles. The fraction of sp³-hybridized carbons (Fsp3) is 0.350. The molecule has 1 aliphatic rings. The van der Waals surface area contributed by atoms with Gasteiger partial charge in [-0.05, 0) is 54.7 Å². The first-order valence-corrected chi connectivity index (χ1v) is 10.8. The first-order chi connectivity index (χ1) is 12.8. The minimum Gasteiger partial charge on any atom is -0.325 e. The highest BCUT2D eigenvalue weighted by atomic mass is 32.2. The van der Waals surface area contributed by atoms with Crippen molar-refractivity contribution in [3.63, 3.8) is 0 Å². The lowest BCUT2D eigenvalue weighted by atomic mass is 9.95. The summed E-state index contributed by atoms with van der Waals surface area (Å²) in [5, 5.41) is 2.87. The molecule has 2 aromatic rings. The molecule has 5 nitrogen and oxygen atoms in total. The number of rotatable bonds is 5. The molecule has 1 atom stereocenters. The molecule has 1 N–H and O–H groups in total. The zero-order valence-electron chi connectivity index (χ0n) is 15.4. The largest absolute Gasteiger partial charge is 0.325 e. The van der Waals surface area contributed by atoms with E-state index in [9.17, 15) is 17.6 Å². The summed E-state index contributed by atoms with van der Waals surface area (Å²) < 4.78 is 38.6. The Morgan fingerprint density at radius 2 is 1.93 bits per heavy atom. The van der Waals surface area contributed by atoms with Gasteiger partial charge in [0, 0.05) is 12.2 Å². The molecule has 27 heavy (non-hydrogen) atoms. The van der Waals surface area contributed by atoms with Crippen molar-refractivity contribution in [2.45, 2.75) is 32.1 Å². The van der Waals surface area contributed by atoms with Crippen molar-refractivity contribution >= 4 is 27.3 Å². The predicted molar refractivity (Wildman–Crippen MR) is 105 cm³/mol. The molecule has 0 bridgehead atoms. The van der Waals surface area contributed by atoms with Gasteiger partial charge < -0.3 is 5.32 Å². The molecule has 1 aliphatic heterocycles. The van der Waals surface area contributed by atoms with Crippen molar-refractivity contribution < 1.29 is 17.6 Å². The lowest BCUT2D eigenvalue weighted by Crippen LogP contribution is -2.34. The molecule has 1 amide bonds. The predicted octanol–water partition coefficient (Wildman–Crippen LogP) is 3.67. The molecular weight excluding hydrogens is 367 g/mol. The van der Waals surface area contributed by atoms with Crippen LogP contribution in [-0.4, -0.2) is 27.1 Å². The van der Waals surface area contributed by atoms with Crippen LogP contribution in [0.5, 0.6) is 0 Å². The minimum absolute atomic E-state index is 0.203. The van der Waals surface area contributed by atoms with Gasteiger partial charge in [-0.15, -0.1) is 0 Å². The average Bonchev–Trinajstić information content (AvgIpc) is 2.62. The molecule has 3 rings (SSSR count). The quantitative estimate of drug-likeness (QED) is 0.847. The van der Waals surface area contributed by atoms with Crippen LogP contribution in [0.15, 0.2) is 42.5 Å². The van der Waals surface area contributed by atoms with Crippen LogP contribution in [0.4, 0.5) is 15.8 Å². The van der Waals surface area contributed by atoms with E-state index in [1.807, 2.05) is 13.0 Å². The van der Waals surface area contributed by atoms with Crippen LogP contribution in [-0.2, 0) is 21.2 Å². The van der Waals surface area contributed by atoms with E-state index in [1.54, 1.807) is 24.3 Å². The highest BCUT2D eigenvalue weighted by molar-refractivity contribution is 7.92. The number of nitrogens with zero attached hydrogens (tertiary/aromatic N) is 1. The Morgan fingerprint density at radius 3 is 2.56 bits per heavy atom. The molecule has 144 valence electrons. The van der Waals surface area contributed by atoms with Gasteiger partial charge in [-0.2, -0.15) is 0 Å². The van der Waals surface area contributed by atoms with Crippen molar-refractivity contribution in [3.8, 4) is 0 Å². The van der Waals surface area contributed by atoms with E-state index in [0.717, 1.165) is 24.0 Å². The minimum atomic E-state index is -3.37. The Balaban J connectivity index is 1.85. The number of nitrogens with one attached hydrogen (secondary N) is 1. The average molecular weight is 390 g/mol. The molecule has 0 aliphatic carbocycles. The van der Waals surface area contributed by atoms with Gasteiger partial charge in [0.15, 0.2) is 0 Å². The molecule has 0 fully saturated rings. The molecule has 0 radical (unpaired) electrons. The zero-order chi connectivity index (χ0) is 19.6. The first-order valence-electron chi connectivity index (χ1n) is 8.96. The second-order valence-corrected chi connectivity index (χ2v) is 8.69. The number of aryl methyl sites for hydroxylation is 1. The Hall–Kier alpha value is -2.41. The number of sulfonamides is 1. The number of carbonyl (C=O) groups is 1. The number of anilines is 2. The molecule has 0 saturated heterocycles. The summed E-state index contributed by atoms with van der Waals surface area (Å²) in [5.74, 6) is -0.956. The molecule has 2 aromatic carbocycles. The van der Waals surface area contributed by atoms with Crippen molar-refractivity contribution in [3.05, 3.63) is 59.4 Å². The van der Waals surface area contributed by atoms with Gasteiger partial charge in [0.2, 0.25) is 15.9 Å². The van der Waals surface area contributed by atoms with Crippen LogP contribution < -0.4 is 9.62 Å². The second-order valence-electron chi connectivity index (χ2n) is 6.78. The van der Waals surface area contributed by atoms with E-state index in [4.69, 9.17) is 0 Å². The Kier molecular flexibility index (Phi) is 5.51. The van der Waals surface area contributed by atoms with Crippen LogP contribution in [0, 0.1) is 5.82 Å². The van der Waals surface area contributed by atoms with Gasteiger partial charge in [0.1, 0.15) is 5.82 Å². The van der Waals surface area contributed by atoms with Crippen molar-refractivity contribution in [1.29, 1.82) is 0 Å². The van der Waals surface area contributed by atoms with E-state index in [2.05, 4.69) is 5.32 Å². The topological polar surface area (TPSA) is 66.5 Å². The smallest absolute Gasteiger partial charge is 0.232 e. The van der Waals surface area contributed by atoms with Crippen molar-refractivity contribution in [2.75, 3.05) is 22.4 Å². The van der Waals surface area contributed by atoms with Gasteiger partial charge >= 0.3 is 0 Å². The van der Waals surface area contributed by atoms with Gasteiger partial charge in [-0.3, -0.25) is 9.10 Å². The van der Waals surface area contributed by atoms with Crippen LogP contribution in [0.25, 0.3) is 0 Å². The van der Waals surface area contributed by atoms with Crippen molar-refractivity contribution in [1.82, 2.24) is 0 Å². The molecule has 1 unspecified atom stereocenters. The number of amides is 1. The van der Waals surface area contributed by atoms with E-state index in [0.29, 0.717) is 24.3 Å². The summed E-state index contributed by atoms with van der Waals surface area (Å²) in [4.78, 5) is 12.7. The summed E-state index contributed by atoms with van der Waals surface area (Å²) in [5.41, 5.74) is 2.87. The normalized spacial score (nSPS) is 15.1. The lowest BCUT2D eigenvalue weighted by Gasteiger charge is -2.29. The Bertz CT molecular complexity index is 942. The number of fused-ring (bicyclic) bond motifs is 1. The number of halogens is 1. The number of benzene rings is 2. The van der Waals surface area contributed by atoms with E-state index in [1.165, 1.54) is 22.7 Å². The van der Waals surface area contributed by atoms with E-state index < -0.39 is 15.9 Å². The van der Waals surface area contributed by atoms with Gasteiger partial charge in [0.05, 0.1) is 17.9 Å². The molecule has 7 heteroatoms. The lowest BCUT2D eigenvalue weighted by molar-refractivity contribution is -0.117. The zero-order valence-corrected chi connectivity index (χ0v) is 16.2. The maximum Gasteiger partial charge on any atom is 0.232 e. The molecule has 0 aromatic heterocycles. The van der Waals surface area contributed by atoms with Gasteiger partial charge in [0.25, 0.3) is 0 Å². The van der Waals surface area contributed by atoms with Crippen LogP contribution in [0.2, 0.25) is 0 Å². The summed E-state index contributed by atoms with van der Waals surface area (Å²) in [6.45, 7) is 2.34. The maximum atomic E-state index is 13.1. The Labute approximate surface area is 159 Å². The maximum absolute atomic E-state index is 13.1. The molecule has 1 heterocycles. The fourth-order valence-corrected chi connectivity index (χ4v) is 4.45.